The molecule has 0 aliphatic rings. The predicted molar refractivity (Wildman–Crippen MR) is 158 cm³/mol. The number of carbonyl (C=O) groups is 3. The third-order valence-electron chi connectivity index (χ3n) is 6.51. The van der Waals surface area contributed by atoms with Gasteiger partial charge in [0.2, 0.25) is 5.91 Å². The van der Waals surface area contributed by atoms with Gasteiger partial charge in [-0.25, -0.2) is 9.59 Å². The number of esters is 1. The van der Waals surface area contributed by atoms with Crippen molar-refractivity contribution in [2.75, 3.05) is 7.11 Å². The normalized spacial score (nSPS) is 12.5. The van der Waals surface area contributed by atoms with Crippen molar-refractivity contribution in [2.45, 2.75) is 26.1 Å². The number of aromatic nitrogens is 2. The first-order valence-electron chi connectivity index (χ1n) is 13.4. The zero-order chi connectivity index (χ0) is 29.7. The first kappa shape index (κ1) is 29.7. The van der Waals surface area contributed by atoms with Crippen molar-refractivity contribution in [1.29, 1.82) is 0 Å². The molecule has 9 nitrogen and oxygen atoms in total. The number of ether oxygens (including phenoxy) is 2. The molecular weight excluding hydrogens is 532 g/mol. The van der Waals surface area contributed by atoms with Gasteiger partial charge in [-0.3, -0.25) is 14.8 Å². The summed E-state index contributed by atoms with van der Waals surface area (Å²) in [5.41, 5.74) is 4.14. The Labute approximate surface area is 244 Å². The molecule has 2 atom stereocenters. The standard InChI is InChI=1S/C33H32N4O5/c1-23(31(38)36-20-24-14-17-34-18-15-24)19-29(28-9-6-16-35-21-28)30(26-10-12-27(13-11-26)32(39)41-2)37-33(40)42-22-25-7-4-3-5-8-25/h3-19,21,23,30H,20,22H2,1-2H3,(H,36,38)(H,37,40)/b29-19+/t23-,30?/m1/s1. The van der Waals surface area contributed by atoms with Gasteiger partial charge in [0.15, 0.2) is 0 Å². The van der Waals surface area contributed by atoms with E-state index in [4.69, 9.17) is 9.47 Å². The van der Waals surface area contributed by atoms with E-state index in [9.17, 15) is 14.4 Å². The Morgan fingerprint density at radius 1 is 0.833 bits per heavy atom. The molecule has 42 heavy (non-hydrogen) atoms. The molecule has 214 valence electrons. The largest absolute Gasteiger partial charge is 0.465 e. The zero-order valence-electron chi connectivity index (χ0n) is 23.4. The Bertz CT molecular complexity index is 1490. The van der Waals surface area contributed by atoms with Crippen LogP contribution in [0, 0.1) is 5.92 Å². The molecular formula is C33H32N4O5. The van der Waals surface area contributed by atoms with Gasteiger partial charge in [0.25, 0.3) is 0 Å². The maximum Gasteiger partial charge on any atom is 0.408 e. The molecule has 2 aromatic carbocycles. The minimum Gasteiger partial charge on any atom is -0.465 e. The second-order valence-electron chi connectivity index (χ2n) is 9.48. The van der Waals surface area contributed by atoms with Crippen LogP contribution in [0.5, 0.6) is 0 Å². The Hall–Kier alpha value is -5.31. The summed E-state index contributed by atoms with van der Waals surface area (Å²) >= 11 is 0. The average molecular weight is 565 g/mol. The lowest BCUT2D eigenvalue weighted by Gasteiger charge is -2.24. The lowest BCUT2D eigenvalue weighted by atomic mass is 9.90. The minimum absolute atomic E-state index is 0.0838. The van der Waals surface area contributed by atoms with Crippen LogP contribution in [-0.2, 0) is 27.4 Å². The molecule has 2 aromatic heterocycles. The van der Waals surface area contributed by atoms with Crippen molar-refractivity contribution in [1.82, 2.24) is 20.6 Å². The molecule has 0 aliphatic heterocycles. The predicted octanol–water partition coefficient (Wildman–Crippen LogP) is 5.27. The van der Waals surface area contributed by atoms with Crippen molar-refractivity contribution in [2.24, 2.45) is 5.92 Å². The molecule has 9 heteroatoms. The van der Waals surface area contributed by atoms with Crippen LogP contribution in [0.1, 0.15) is 45.6 Å². The summed E-state index contributed by atoms with van der Waals surface area (Å²) in [4.78, 5) is 46.5. The third kappa shape index (κ3) is 8.34. The van der Waals surface area contributed by atoms with E-state index < -0.39 is 24.0 Å². The topological polar surface area (TPSA) is 120 Å². The van der Waals surface area contributed by atoms with Crippen LogP contribution in [0.4, 0.5) is 4.79 Å². The van der Waals surface area contributed by atoms with Crippen LogP contribution < -0.4 is 10.6 Å². The van der Waals surface area contributed by atoms with E-state index in [0.29, 0.717) is 28.8 Å². The van der Waals surface area contributed by atoms with Gasteiger partial charge in [-0.1, -0.05) is 61.5 Å². The second-order valence-corrected chi connectivity index (χ2v) is 9.48. The number of nitrogens with zero attached hydrogens (tertiary/aromatic N) is 2. The van der Waals surface area contributed by atoms with E-state index in [2.05, 4.69) is 20.6 Å². The number of pyridine rings is 2. The average Bonchev–Trinajstić information content (AvgIpc) is 3.05. The van der Waals surface area contributed by atoms with Crippen LogP contribution in [-0.4, -0.2) is 35.0 Å². The zero-order valence-corrected chi connectivity index (χ0v) is 23.4. The van der Waals surface area contributed by atoms with Crippen molar-refractivity contribution in [3.8, 4) is 0 Å². The number of methoxy groups -OCH3 is 1. The summed E-state index contributed by atoms with van der Waals surface area (Å²) in [5.74, 6) is -1.24. The van der Waals surface area contributed by atoms with Gasteiger partial charge in [0.1, 0.15) is 6.61 Å². The second kappa shape index (κ2) is 14.9. The molecule has 0 saturated carbocycles. The molecule has 2 amide bonds. The Balaban J connectivity index is 1.65. The minimum atomic E-state index is -0.736. The quantitative estimate of drug-likeness (QED) is 0.238. The molecule has 1 unspecified atom stereocenters. The molecule has 2 N–H and O–H groups in total. The highest BCUT2D eigenvalue weighted by Gasteiger charge is 2.24. The van der Waals surface area contributed by atoms with Crippen LogP contribution in [0.3, 0.4) is 0 Å². The van der Waals surface area contributed by atoms with E-state index in [1.54, 1.807) is 68.1 Å². The molecule has 0 radical (unpaired) electrons. The van der Waals surface area contributed by atoms with Crippen LogP contribution in [0.15, 0.2) is 110 Å². The van der Waals surface area contributed by atoms with Gasteiger partial charge in [-0.05, 0) is 58.2 Å². The number of hydrogen-bond donors (Lipinski definition) is 2. The van der Waals surface area contributed by atoms with E-state index in [1.807, 2.05) is 48.5 Å². The van der Waals surface area contributed by atoms with Gasteiger partial charge in [-0.15, -0.1) is 0 Å². The molecule has 0 spiro atoms. The highest BCUT2D eigenvalue weighted by molar-refractivity contribution is 5.89. The maximum atomic E-state index is 13.1. The first-order valence-corrected chi connectivity index (χ1v) is 13.4. The van der Waals surface area contributed by atoms with Crippen molar-refractivity contribution >= 4 is 23.5 Å². The number of hydrogen-bond acceptors (Lipinski definition) is 7. The Morgan fingerprint density at radius 3 is 2.24 bits per heavy atom. The van der Waals surface area contributed by atoms with Crippen molar-refractivity contribution in [3.05, 3.63) is 138 Å². The van der Waals surface area contributed by atoms with Crippen molar-refractivity contribution in [3.63, 3.8) is 0 Å². The Kier molecular flexibility index (Phi) is 10.5. The first-order chi connectivity index (χ1) is 20.4. The molecule has 0 aliphatic carbocycles. The fourth-order valence-electron chi connectivity index (χ4n) is 4.24. The molecule has 0 fully saturated rings. The van der Waals surface area contributed by atoms with Gasteiger partial charge in [0, 0.05) is 31.3 Å². The molecule has 0 bridgehead atoms. The molecule has 4 aromatic rings. The summed E-state index contributed by atoms with van der Waals surface area (Å²) in [5, 5.41) is 5.90. The lowest BCUT2D eigenvalue weighted by molar-refractivity contribution is -0.123. The highest BCUT2D eigenvalue weighted by Crippen LogP contribution is 2.32. The van der Waals surface area contributed by atoms with E-state index in [-0.39, 0.29) is 12.5 Å². The van der Waals surface area contributed by atoms with Crippen LogP contribution >= 0.6 is 0 Å². The highest BCUT2D eigenvalue weighted by atomic mass is 16.5. The van der Waals surface area contributed by atoms with Crippen LogP contribution in [0.2, 0.25) is 0 Å². The maximum absolute atomic E-state index is 13.1. The van der Waals surface area contributed by atoms with Gasteiger partial charge < -0.3 is 20.1 Å². The third-order valence-corrected chi connectivity index (χ3v) is 6.51. The number of benzene rings is 2. The summed E-state index contributed by atoms with van der Waals surface area (Å²) in [6.45, 7) is 2.22. The number of rotatable bonds is 11. The number of carbonyl (C=O) groups excluding carboxylic acids is 3. The summed E-state index contributed by atoms with van der Waals surface area (Å²) in [6.07, 6.45) is 7.81. The SMILES string of the molecule is COC(=O)c1ccc(C(NC(=O)OCc2ccccc2)/C(=C/[C@@H](C)C(=O)NCc2ccncc2)c2cccnc2)cc1. The molecule has 0 saturated heterocycles. The smallest absolute Gasteiger partial charge is 0.408 e. The number of nitrogens with one attached hydrogen (secondary N) is 2. The van der Waals surface area contributed by atoms with E-state index >= 15 is 0 Å². The summed E-state index contributed by atoms with van der Waals surface area (Å²) in [6, 6.07) is 22.6. The molecule has 2 heterocycles. The van der Waals surface area contributed by atoms with E-state index in [0.717, 1.165) is 11.1 Å². The fraction of sp³-hybridized carbons (Fsp3) is 0.182. The van der Waals surface area contributed by atoms with Gasteiger partial charge >= 0.3 is 12.1 Å². The lowest BCUT2D eigenvalue weighted by Crippen LogP contribution is -2.31. The Morgan fingerprint density at radius 2 is 1.57 bits per heavy atom. The van der Waals surface area contributed by atoms with Crippen molar-refractivity contribution < 1.29 is 23.9 Å². The van der Waals surface area contributed by atoms with Gasteiger partial charge in [0.05, 0.1) is 24.6 Å². The van der Waals surface area contributed by atoms with Gasteiger partial charge in [-0.2, -0.15) is 0 Å². The number of alkyl carbamates (subject to hydrolysis) is 1. The monoisotopic (exact) mass is 564 g/mol. The fourth-order valence-corrected chi connectivity index (χ4v) is 4.24. The summed E-state index contributed by atoms with van der Waals surface area (Å²) in [7, 11) is 1.31. The van der Waals surface area contributed by atoms with Crippen LogP contribution in [0.25, 0.3) is 5.57 Å². The number of amides is 2. The van der Waals surface area contributed by atoms with E-state index in [1.165, 1.54) is 7.11 Å². The summed E-state index contributed by atoms with van der Waals surface area (Å²) < 4.78 is 10.4. The molecule has 4 rings (SSSR count).